The topological polar surface area (TPSA) is 0 Å². The highest BCUT2D eigenvalue weighted by Crippen LogP contribution is 2.23. The van der Waals surface area contributed by atoms with Gasteiger partial charge in [0.25, 0.3) is 0 Å². The minimum absolute atomic E-state index is 0.590. The normalized spacial score (nSPS) is 16.1. The molecule has 0 aromatic rings. The van der Waals surface area contributed by atoms with Crippen molar-refractivity contribution in [3.8, 4) is 0 Å². The Balaban J connectivity index is 4.83. The molecule has 15 heavy (non-hydrogen) atoms. The van der Waals surface area contributed by atoms with Crippen molar-refractivity contribution < 1.29 is 0 Å². The fraction of sp³-hybridized carbons (Fsp3) is 0.571. The highest BCUT2D eigenvalue weighted by molar-refractivity contribution is 8.00. The molecule has 0 N–H and O–H groups in total. The van der Waals surface area contributed by atoms with E-state index in [0.717, 1.165) is 6.42 Å². The maximum atomic E-state index is 2.28. The van der Waals surface area contributed by atoms with Crippen molar-refractivity contribution in [3.05, 3.63) is 35.5 Å². The van der Waals surface area contributed by atoms with E-state index in [1.54, 1.807) is 0 Å². The Bertz CT molecular complexity index is 246. The second-order valence-corrected chi connectivity index (χ2v) is 5.16. The number of thioether (sulfide) groups is 1. The summed E-state index contributed by atoms with van der Waals surface area (Å²) >= 11 is 2.00. The molecule has 0 fully saturated rings. The van der Waals surface area contributed by atoms with Crippen molar-refractivity contribution in [1.29, 1.82) is 0 Å². The van der Waals surface area contributed by atoms with Crippen molar-refractivity contribution in [1.82, 2.24) is 0 Å². The third-order valence-corrected chi connectivity index (χ3v) is 3.35. The van der Waals surface area contributed by atoms with Crippen LogP contribution in [0.4, 0.5) is 0 Å². The molecule has 0 aromatic heterocycles. The lowest BCUT2D eigenvalue weighted by Gasteiger charge is -2.13. The summed E-state index contributed by atoms with van der Waals surface area (Å²) in [5.41, 5.74) is 2.84. The van der Waals surface area contributed by atoms with E-state index in [4.69, 9.17) is 0 Å². The standard InChI is InChI=1S/C14H24S/c1-6-9-11-12(4)14(10-7-2)13(5)15-8-3/h7,9-11,13H,6,8H2,1-5H3/b10-7-,11-9-,14-12+. The zero-order valence-electron chi connectivity index (χ0n) is 10.7. The molecule has 86 valence electrons. The first kappa shape index (κ1) is 14.6. The summed E-state index contributed by atoms with van der Waals surface area (Å²) in [7, 11) is 0. The van der Waals surface area contributed by atoms with Crippen LogP contribution >= 0.6 is 11.8 Å². The largest absolute Gasteiger partial charge is 0.154 e. The van der Waals surface area contributed by atoms with Crippen LogP contribution in [0.15, 0.2) is 35.5 Å². The molecule has 0 aromatic carbocycles. The molecule has 0 aliphatic carbocycles. The summed E-state index contributed by atoms with van der Waals surface area (Å²) in [6.07, 6.45) is 9.94. The minimum atomic E-state index is 0.590. The van der Waals surface area contributed by atoms with E-state index in [0.29, 0.717) is 5.25 Å². The van der Waals surface area contributed by atoms with Gasteiger partial charge >= 0.3 is 0 Å². The molecule has 0 spiro atoms. The van der Waals surface area contributed by atoms with Crippen molar-refractivity contribution in [3.63, 3.8) is 0 Å². The van der Waals surface area contributed by atoms with Crippen LogP contribution in [-0.2, 0) is 0 Å². The molecule has 0 bridgehead atoms. The fourth-order valence-electron chi connectivity index (χ4n) is 1.50. The van der Waals surface area contributed by atoms with Gasteiger partial charge in [-0.05, 0) is 44.1 Å². The van der Waals surface area contributed by atoms with E-state index >= 15 is 0 Å². The maximum absolute atomic E-state index is 2.28. The minimum Gasteiger partial charge on any atom is -0.154 e. The number of rotatable bonds is 6. The fourth-order valence-corrected chi connectivity index (χ4v) is 2.44. The zero-order chi connectivity index (χ0) is 11.7. The average molecular weight is 224 g/mol. The Kier molecular flexibility index (Phi) is 8.59. The molecular formula is C14H24S. The molecule has 1 atom stereocenters. The first-order valence-electron chi connectivity index (χ1n) is 5.78. The smallest absolute Gasteiger partial charge is 0.0271 e. The predicted octanol–water partition coefficient (Wildman–Crippen LogP) is 4.99. The van der Waals surface area contributed by atoms with Gasteiger partial charge < -0.3 is 0 Å². The highest BCUT2D eigenvalue weighted by atomic mass is 32.2. The first-order valence-corrected chi connectivity index (χ1v) is 6.83. The highest BCUT2D eigenvalue weighted by Gasteiger charge is 2.07. The molecular weight excluding hydrogens is 200 g/mol. The zero-order valence-corrected chi connectivity index (χ0v) is 11.5. The van der Waals surface area contributed by atoms with Crippen LogP contribution in [0, 0.1) is 0 Å². The van der Waals surface area contributed by atoms with Crippen molar-refractivity contribution in [2.24, 2.45) is 0 Å². The van der Waals surface area contributed by atoms with Gasteiger partial charge in [0, 0.05) is 5.25 Å². The Hall–Kier alpha value is -0.430. The van der Waals surface area contributed by atoms with Crippen LogP contribution in [0.25, 0.3) is 0 Å². The number of hydrogen-bond acceptors (Lipinski definition) is 1. The molecule has 0 saturated heterocycles. The Morgan fingerprint density at radius 3 is 2.40 bits per heavy atom. The van der Waals surface area contributed by atoms with E-state index in [2.05, 4.69) is 58.9 Å². The summed E-state index contributed by atoms with van der Waals surface area (Å²) in [6.45, 7) is 11.0. The van der Waals surface area contributed by atoms with Crippen LogP contribution < -0.4 is 0 Å². The Morgan fingerprint density at radius 2 is 1.93 bits per heavy atom. The molecule has 0 aliphatic rings. The molecule has 0 rings (SSSR count). The van der Waals surface area contributed by atoms with Gasteiger partial charge in [0.2, 0.25) is 0 Å². The molecule has 0 amide bonds. The van der Waals surface area contributed by atoms with Gasteiger partial charge in [0.1, 0.15) is 0 Å². The molecule has 0 aliphatic heterocycles. The summed E-state index contributed by atoms with van der Waals surface area (Å²) < 4.78 is 0. The van der Waals surface area contributed by atoms with Gasteiger partial charge in [-0.1, -0.05) is 38.2 Å². The van der Waals surface area contributed by atoms with Crippen LogP contribution in [-0.4, -0.2) is 11.0 Å². The summed E-state index contributed by atoms with van der Waals surface area (Å²) in [5.74, 6) is 1.17. The maximum Gasteiger partial charge on any atom is 0.0271 e. The van der Waals surface area contributed by atoms with Crippen LogP contribution in [0.2, 0.25) is 0 Å². The number of hydrogen-bond donors (Lipinski definition) is 0. The SMILES string of the molecule is C\C=C/C(=C(C)\C=C/CC)C(C)SCC. The van der Waals surface area contributed by atoms with Crippen molar-refractivity contribution in [2.75, 3.05) is 5.75 Å². The van der Waals surface area contributed by atoms with E-state index in [-0.39, 0.29) is 0 Å². The Morgan fingerprint density at radius 1 is 1.27 bits per heavy atom. The van der Waals surface area contributed by atoms with E-state index < -0.39 is 0 Å². The first-order chi connectivity index (χ1) is 7.17. The van der Waals surface area contributed by atoms with Crippen molar-refractivity contribution in [2.45, 2.75) is 46.3 Å². The van der Waals surface area contributed by atoms with Gasteiger partial charge in [-0.25, -0.2) is 0 Å². The summed E-state index contributed by atoms with van der Waals surface area (Å²) in [6, 6.07) is 0. The second kappa shape index (κ2) is 8.84. The van der Waals surface area contributed by atoms with Gasteiger partial charge in [-0.3, -0.25) is 0 Å². The average Bonchev–Trinajstić information content (AvgIpc) is 2.22. The molecule has 0 nitrogen and oxygen atoms in total. The van der Waals surface area contributed by atoms with Gasteiger partial charge in [-0.15, -0.1) is 0 Å². The molecule has 1 heteroatoms. The lowest BCUT2D eigenvalue weighted by Crippen LogP contribution is -2.01. The Labute approximate surface area is 99.5 Å². The van der Waals surface area contributed by atoms with E-state index in [9.17, 15) is 0 Å². The lowest BCUT2D eigenvalue weighted by molar-refractivity contribution is 1.13. The quantitative estimate of drug-likeness (QED) is 0.573. The van der Waals surface area contributed by atoms with E-state index in [1.807, 2.05) is 11.8 Å². The lowest BCUT2D eigenvalue weighted by atomic mass is 10.1. The monoisotopic (exact) mass is 224 g/mol. The molecule has 0 saturated carbocycles. The molecule has 0 heterocycles. The van der Waals surface area contributed by atoms with Crippen LogP contribution in [0.1, 0.15) is 41.0 Å². The van der Waals surface area contributed by atoms with Gasteiger partial charge in [0.15, 0.2) is 0 Å². The summed E-state index contributed by atoms with van der Waals surface area (Å²) in [4.78, 5) is 0. The van der Waals surface area contributed by atoms with E-state index in [1.165, 1.54) is 16.9 Å². The molecule has 1 unspecified atom stereocenters. The molecule has 0 radical (unpaired) electrons. The van der Waals surface area contributed by atoms with Gasteiger partial charge in [-0.2, -0.15) is 11.8 Å². The van der Waals surface area contributed by atoms with Gasteiger partial charge in [0.05, 0.1) is 0 Å². The third kappa shape index (κ3) is 5.88. The predicted molar refractivity (Wildman–Crippen MR) is 74.5 cm³/mol. The van der Waals surface area contributed by atoms with Crippen LogP contribution in [0.3, 0.4) is 0 Å². The number of allylic oxidation sites excluding steroid dienone is 5. The van der Waals surface area contributed by atoms with Crippen molar-refractivity contribution >= 4 is 11.8 Å². The second-order valence-electron chi connectivity index (χ2n) is 3.55. The van der Waals surface area contributed by atoms with Crippen LogP contribution in [0.5, 0.6) is 0 Å². The third-order valence-electron chi connectivity index (χ3n) is 2.26. The summed E-state index contributed by atoms with van der Waals surface area (Å²) in [5, 5.41) is 0.590.